The zero-order chi connectivity index (χ0) is 11.7. The molecule has 0 atom stereocenters. The van der Waals surface area contributed by atoms with Crippen molar-refractivity contribution in [2.24, 2.45) is 5.92 Å². The smallest absolute Gasteiger partial charge is 0.409 e. The number of ether oxygens (including phenoxy) is 1. The van der Waals surface area contributed by atoms with E-state index in [1.54, 1.807) is 4.90 Å². The Morgan fingerprint density at radius 3 is 2.60 bits per heavy atom. The standard InChI is InChI=1S/C11H23NO2S/c1-4-5-7-14-11(13)12(6-8-15)9-10(2)3/h10,15H,4-9H2,1-3H3. The summed E-state index contributed by atoms with van der Waals surface area (Å²) in [5.74, 6) is 1.14. The zero-order valence-electron chi connectivity index (χ0n) is 10.0. The molecule has 0 aliphatic carbocycles. The first-order valence-corrected chi connectivity index (χ1v) is 6.27. The molecule has 0 heterocycles. The second-order valence-electron chi connectivity index (χ2n) is 4.03. The van der Waals surface area contributed by atoms with E-state index in [4.69, 9.17) is 4.74 Å². The van der Waals surface area contributed by atoms with Crippen LogP contribution < -0.4 is 0 Å². The Morgan fingerprint density at radius 1 is 1.47 bits per heavy atom. The highest BCUT2D eigenvalue weighted by Gasteiger charge is 2.14. The third-order valence-electron chi connectivity index (χ3n) is 1.94. The quantitative estimate of drug-likeness (QED) is 0.541. The molecule has 0 saturated carbocycles. The summed E-state index contributed by atoms with van der Waals surface area (Å²) in [6.07, 6.45) is 1.78. The van der Waals surface area contributed by atoms with E-state index in [0.717, 1.165) is 19.4 Å². The zero-order valence-corrected chi connectivity index (χ0v) is 10.9. The van der Waals surface area contributed by atoms with Crippen LogP contribution in [0.1, 0.15) is 33.6 Å². The van der Waals surface area contributed by atoms with Gasteiger partial charge >= 0.3 is 6.09 Å². The number of hydrogen-bond acceptors (Lipinski definition) is 3. The molecule has 0 bridgehead atoms. The molecular formula is C11H23NO2S. The maximum atomic E-state index is 11.6. The van der Waals surface area contributed by atoms with E-state index in [1.807, 2.05) is 0 Å². The van der Waals surface area contributed by atoms with E-state index in [0.29, 0.717) is 24.8 Å². The van der Waals surface area contributed by atoms with Gasteiger partial charge in [-0.2, -0.15) is 12.6 Å². The second-order valence-corrected chi connectivity index (χ2v) is 4.48. The summed E-state index contributed by atoms with van der Waals surface area (Å²) >= 11 is 4.14. The fourth-order valence-electron chi connectivity index (χ4n) is 1.21. The largest absolute Gasteiger partial charge is 0.449 e. The Bertz CT molecular complexity index is 174. The van der Waals surface area contributed by atoms with Gasteiger partial charge in [-0.1, -0.05) is 27.2 Å². The van der Waals surface area contributed by atoms with Crippen LogP contribution in [-0.4, -0.2) is 36.4 Å². The molecule has 4 heteroatoms. The van der Waals surface area contributed by atoms with Gasteiger partial charge in [0.2, 0.25) is 0 Å². The molecule has 0 spiro atoms. The Labute approximate surface area is 98.6 Å². The topological polar surface area (TPSA) is 29.5 Å². The van der Waals surface area contributed by atoms with Gasteiger partial charge in [-0.3, -0.25) is 0 Å². The van der Waals surface area contributed by atoms with E-state index >= 15 is 0 Å². The normalized spacial score (nSPS) is 10.5. The molecule has 0 unspecified atom stereocenters. The molecule has 0 aliphatic rings. The average Bonchev–Trinajstić information content (AvgIpc) is 2.17. The summed E-state index contributed by atoms with van der Waals surface area (Å²) in [5, 5.41) is 0. The summed E-state index contributed by atoms with van der Waals surface area (Å²) < 4.78 is 5.15. The third-order valence-corrected chi connectivity index (χ3v) is 2.14. The van der Waals surface area contributed by atoms with Crippen LogP contribution in [0.2, 0.25) is 0 Å². The van der Waals surface area contributed by atoms with E-state index < -0.39 is 0 Å². The van der Waals surface area contributed by atoms with Gasteiger partial charge in [0.1, 0.15) is 0 Å². The van der Waals surface area contributed by atoms with Crippen molar-refractivity contribution in [1.29, 1.82) is 0 Å². The Balaban J connectivity index is 3.92. The molecule has 0 aromatic rings. The van der Waals surface area contributed by atoms with Crippen LogP contribution in [0, 0.1) is 5.92 Å². The van der Waals surface area contributed by atoms with Gasteiger partial charge in [0.15, 0.2) is 0 Å². The first-order chi connectivity index (χ1) is 7.11. The molecule has 15 heavy (non-hydrogen) atoms. The maximum Gasteiger partial charge on any atom is 0.409 e. The molecule has 1 amide bonds. The average molecular weight is 233 g/mol. The SMILES string of the molecule is CCCCOC(=O)N(CCS)CC(C)C. The number of rotatable bonds is 7. The van der Waals surface area contributed by atoms with Crippen LogP contribution in [-0.2, 0) is 4.74 Å². The molecular weight excluding hydrogens is 210 g/mol. The van der Waals surface area contributed by atoms with Gasteiger partial charge in [-0.25, -0.2) is 4.79 Å². The minimum atomic E-state index is -0.203. The van der Waals surface area contributed by atoms with E-state index in [2.05, 4.69) is 33.4 Å². The van der Waals surface area contributed by atoms with Crippen molar-refractivity contribution < 1.29 is 9.53 Å². The number of nitrogens with zero attached hydrogens (tertiary/aromatic N) is 1. The van der Waals surface area contributed by atoms with Crippen LogP contribution >= 0.6 is 12.6 Å². The monoisotopic (exact) mass is 233 g/mol. The summed E-state index contributed by atoms with van der Waals surface area (Å²) in [6.45, 7) is 8.18. The molecule has 0 rings (SSSR count). The highest BCUT2D eigenvalue weighted by Crippen LogP contribution is 2.02. The molecule has 3 nitrogen and oxygen atoms in total. The molecule has 90 valence electrons. The van der Waals surface area contributed by atoms with E-state index in [-0.39, 0.29) is 6.09 Å². The molecule has 0 aromatic heterocycles. The lowest BCUT2D eigenvalue weighted by Crippen LogP contribution is -2.36. The van der Waals surface area contributed by atoms with Crippen molar-refractivity contribution >= 4 is 18.7 Å². The molecule has 0 N–H and O–H groups in total. The lowest BCUT2D eigenvalue weighted by molar-refractivity contribution is 0.0991. The lowest BCUT2D eigenvalue weighted by atomic mass is 10.2. The number of carbonyl (C=O) groups is 1. The summed E-state index contributed by atoms with van der Waals surface area (Å²) in [4.78, 5) is 13.3. The van der Waals surface area contributed by atoms with Gasteiger partial charge in [0.05, 0.1) is 6.61 Å². The number of carbonyl (C=O) groups excluding carboxylic acids is 1. The van der Waals surface area contributed by atoms with Gasteiger partial charge in [-0.05, 0) is 12.3 Å². The van der Waals surface area contributed by atoms with Gasteiger partial charge in [-0.15, -0.1) is 0 Å². The fraction of sp³-hybridized carbons (Fsp3) is 0.909. The molecule has 0 fully saturated rings. The Morgan fingerprint density at radius 2 is 2.13 bits per heavy atom. The second kappa shape index (κ2) is 8.89. The first kappa shape index (κ1) is 14.6. The van der Waals surface area contributed by atoms with E-state index in [1.165, 1.54) is 0 Å². The minimum Gasteiger partial charge on any atom is -0.449 e. The van der Waals surface area contributed by atoms with Crippen molar-refractivity contribution in [3.05, 3.63) is 0 Å². The van der Waals surface area contributed by atoms with Crippen molar-refractivity contribution in [2.45, 2.75) is 33.6 Å². The maximum absolute atomic E-state index is 11.6. The predicted octanol–water partition coefficient (Wildman–Crippen LogP) is 2.81. The number of unbranched alkanes of at least 4 members (excludes halogenated alkanes) is 1. The predicted molar refractivity (Wildman–Crippen MR) is 66.5 cm³/mol. The van der Waals surface area contributed by atoms with Crippen LogP contribution in [0.3, 0.4) is 0 Å². The third kappa shape index (κ3) is 7.54. The first-order valence-electron chi connectivity index (χ1n) is 5.64. The van der Waals surface area contributed by atoms with Crippen LogP contribution in [0.25, 0.3) is 0 Å². The molecule has 0 aliphatic heterocycles. The number of amides is 1. The van der Waals surface area contributed by atoms with Crippen molar-refractivity contribution in [3.63, 3.8) is 0 Å². The lowest BCUT2D eigenvalue weighted by Gasteiger charge is -2.23. The fourth-order valence-corrected chi connectivity index (χ4v) is 1.46. The van der Waals surface area contributed by atoms with Gasteiger partial charge < -0.3 is 9.64 Å². The van der Waals surface area contributed by atoms with Crippen molar-refractivity contribution in [2.75, 3.05) is 25.4 Å². The molecule has 0 radical (unpaired) electrons. The summed E-state index contributed by atoms with van der Waals surface area (Å²) in [5.41, 5.74) is 0. The van der Waals surface area contributed by atoms with Crippen LogP contribution in [0.4, 0.5) is 4.79 Å². The summed E-state index contributed by atoms with van der Waals surface area (Å²) in [6, 6.07) is 0. The van der Waals surface area contributed by atoms with Gasteiger partial charge in [0.25, 0.3) is 0 Å². The van der Waals surface area contributed by atoms with Crippen LogP contribution in [0.15, 0.2) is 0 Å². The molecule has 0 aromatic carbocycles. The highest BCUT2D eigenvalue weighted by atomic mass is 32.1. The van der Waals surface area contributed by atoms with Crippen molar-refractivity contribution in [1.82, 2.24) is 4.90 Å². The summed E-state index contributed by atoms with van der Waals surface area (Å²) in [7, 11) is 0. The number of thiol groups is 1. The highest BCUT2D eigenvalue weighted by molar-refractivity contribution is 7.80. The van der Waals surface area contributed by atoms with Crippen molar-refractivity contribution in [3.8, 4) is 0 Å². The van der Waals surface area contributed by atoms with E-state index in [9.17, 15) is 4.79 Å². The minimum absolute atomic E-state index is 0.203. The molecule has 0 saturated heterocycles. The Kier molecular flexibility index (Phi) is 8.67. The number of hydrogen-bond donors (Lipinski definition) is 1. The van der Waals surface area contributed by atoms with Gasteiger partial charge in [0, 0.05) is 18.8 Å². The Hall–Kier alpha value is -0.380. The van der Waals surface area contributed by atoms with Crippen LogP contribution in [0.5, 0.6) is 0 Å².